The van der Waals surface area contributed by atoms with Crippen LogP contribution in [0.25, 0.3) is 0 Å². The predicted molar refractivity (Wildman–Crippen MR) is 63.2 cm³/mol. The van der Waals surface area contributed by atoms with Gasteiger partial charge in [0.05, 0.1) is 5.71 Å². The van der Waals surface area contributed by atoms with Crippen molar-refractivity contribution in [2.75, 3.05) is 20.1 Å². The Morgan fingerprint density at radius 3 is 2.81 bits per heavy atom. The molecule has 2 rings (SSSR count). The molecule has 0 radical (unpaired) electrons. The SMILES string of the molecule is CN=C(C1=C(N)CNCC1)c1cncnc1. The van der Waals surface area contributed by atoms with Crippen molar-refractivity contribution in [3.05, 3.63) is 35.6 Å². The van der Waals surface area contributed by atoms with Gasteiger partial charge in [0.15, 0.2) is 0 Å². The summed E-state index contributed by atoms with van der Waals surface area (Å²) in [5.41, 5.74) is 9.78. The summed E-state index contributed by atoms with van der Waals surface area (Å²) in [6.45, 7) is 1.66. The lowest BCUT2D eigenvalue weighted by molar-refractivity contribution is 0.685. The van der Waals surface area contributed by atoms with Crippen LogP contribution in [0.4, 0.5) is 0 Å². The van der Waals surface area contributed by atoms with Crippen molar-refractivity contribution in [1.29, 1.82) is 0 Å². The highest BCUT2D eigenvalue weighted by Gasteiger charge is 2.16. The number of hydrogen-bond acceptors (Lipinski definition) is 5. The van der Waals surface area contributed by atoms with Crippen molar-refractivity contribution >= 4 is 5.71 Å². The van der Waals surface area contributed by atoms with Gasteiger partial charge in [-0.3, -0.25) is 4.99 Å². The quantitative estimate of drug-likeness (QED) is 0.689. The number of aliphatic imine (C=N–C) groups is 1. The van der Waals surface area contributed by atoms with Crippen LogP contribution in [0.5, 0.6) is 0 Å². The number of hydrogen-bond donors (Lipinski definition) is 2. The first-order valence-electron chi connectivity index (χ1n) is 5.23. The van der Waals surface area contributed by atoms with Gasteiger partial charge < -0.3 is 11.1 Å². The van der Waals surface area contributed by atoms with Crippen LogP contribution in [0, 0.1) is 0 Å². The summed E-state index contributed by atoms with van der Waals surface area (Å²) in [6.07, 6.45) is 5.93. The molecule has 0 aliphatic carbocycles. The summed E-state index contributed by atoms with van der Waals surface area (Å²) in [7, 11) is 1.77. The molecule has 1 aliphatic rings. The minimum absolute atomic E-state index is 0.724. The highest BCUT2D eigenvalue weighted by molar-refractivity contribution is 6.12. The number of nitrogens with zero attached hydrogens (tertiary/aromatic N) is 3. The van der Waals surface area contributed by atoms with Crippen LogP contribution in [0.2, 0.25) is 0 Å². The van der Waals surface area contributed by atoms with Gasteiger partial charge in [-0.15, -0.1) is 0 Å². The lowest BCUT2D eigenvalue weighted by atomic mass is 9.97. The average molecular weight is 217 g/mol. The normalized spacial score (nSPS) is 17.7. The van der Waals surface area contributed by atoms with Crippen LogP contribution in [0.1, 0.15) is 12.0 Å². The Morgan fingerprint density at radius 1 is 1.44 bits per heavy atom. The molecule has 5 nitrogen and oxygen atoms in total. The van der Waals surface area contributed by atoms with Crippen LogP contribution < -0.4 is 11.1 Å². The highest BCUT2D eigenvalue weighted by atomic mass is 14.9. The van der Waals surface area contributed by atoms with E-state index in [4.69, 9.17) is 5.73 Å². The fraction of sp³-hybridized carbons (Fsp3) is 0.364. The maximum atomic E-state index is 5.99. The predicted octanol–water partition coefficient (Wildman–Crippen LogP) is 0.102. The van der Waals surface area contributed by atoms with E-state index in [1.807, 2.05) is 0 Å². The summed E-state index contributed by atoms with van der Waals surface area (Å²) in [4.78, 5) is 12.3. The first kappa shape index (κ1) is 10.8. The molecule has 84 valence electrons. The number of aromatic nitrogens is 2. The summed E-state index contributed by atoms with van der Waals surface area (Å²) in [5, 5.41) is 3.23. The van der Waals surface area contributed by atoms with E-state index in [1.54, 1.807) is 19.4 Å². The van der Waals surface area contributed by atoms with Crippen LogP contribution in [-0.2, 0) is 0 Å². The fourth-order valence-corrected chi connectivity index (χ4v) is 1.83. The molecule has 0 unspecified atom stereocenters. The zero-order valence-corrected chi connectivity index (χ0v) is 9.27. The smallest absolute Gasteiger partial charge is 0.115 e. The summed E-state index contributed by atoms with van der Waals surface area (Å²) < 4.78 is 0. The molecule has 16 heavy (non-hydrogen) atoms. The monoisotopic (exact) mass is 217 g/mol. The molecule has 5 heteroatoms. The second-order valence-corrected chi connectivity index (χ2v) is 3.63. The summed E-state index contributed by atoms with van der Waals surface area (Å²) in [5.74, 6) is 0. The van der Waals surface area contributed by atoms with E-state index in [9.17, 15) is 0 Å². The number of rotatable bonds is 2. The van der Waals surface area contributed by atoms with Crippen molar-refractivity contribution in [2.24, 2.45) is 10.7 Å². The standard InChI is InChI=1S/C11H15N5/c1-13-11(8-4-15-7-16-5-8)9-2-3-14-6-10(9)12/h4-5,7,14H,2-3,6,12H2,1H3. The Labute approximate surface area is 94.5 Å². The van der Waals surface area contributed by atoms with Crippen molar-refractivity contribution in [3.63, 3.8) is 0 Å². The Kier molecular flexibility index (Phi) is 3.26. The maximum absolute atomic E-state index is 5.99. The molecule has 0 saturated carbocycles. The first-order chi connectivity index (χ1) is 7.83. The van der Waals surface area contributed by atoms with Crippen LogP contribution >= 0.6 is 0 Å². The summed E-state index contributed by atoms with van der Waals surface area (Å²) >= 11 is 0. The minimum Gasteiger partial charge on any atom is -0.401 e. The molecule has 1 aromatic rings. The van der Waals surface area contributed by atoms with Gasteiger partial charge in [-0.25, -0.2) is 9.97 Å². The summed E-state index contributed by atoms with van der Waals surface area (Å²) in [6, 6.07) is 0. The van der Waals surface area contributed by atoms with E-state index in [2.05, 4.69) is 20.3 Å². The number of nitrogens with one attached hydrogen (secondary N) is 1. The van der Waals surface area contributed by atoms with Gasteiger partial charge >= 0.3 is 0 Å². The molecule has 0 bridgehead atoms. The van der Waals surface area contributed by atoms with Gasteiger partial charge in [-0.05, 0) is 18.5 Å². The third-order valence-electron chi connectivity index (χ3n) is 2.60. The van der Waals surface area contributed by atoms with Crippen molar-refractivity contribution in [1.82, 2.24) is 15.3 Å². The Balaban J connectivity index is 2.38. The van der Waals surface area contributed by atoms with Crippen molar-refractivity contribution in [3.8, 4) is 0 Å². The largest absolute Gasteiger partial charge is 0.401 e. The van der Waals surface area contributed by atoms with E-state index >= 15 is 0 Å². The lowest BCUT2D eigenvalue weighted by Crippen LogP contribution is -2.31. The first-order valence-corrected chi connectivity index (χ1v) is 5.23. The zero-order valence-electron chi connectivity index (χ0n) is 9.27. The Morgan fingerprint density at radius 2 is 2.19 bits per heavy atom. The molecule has 1 aliphatic heterocycles. The molecule has 0 saturated heterocycles. The fourth-order valence-electron chi connectivity index (χ4n) is 1.83. The van der Waals surface area contributed by atoms with Gasteiger partial charge in [0.25, 0.3) is 0 Å². The topological polar surface area (TPSA) is 76.2 Å². The van der Waals surface area contributed by atoms with Crippen LogP contribution in [0.15, 0.2) is 35.0 Å². The van der Waals surface area contributed by atoms with E-state index in [1.165, 1.54) is 6.33 Å². The Bertz CT molecular complexity index is 421. The lowest BCUT2D eigenvalue weighted by Gasteiger charge is -2.19. The second-order valence-electron chi connectivity index (χ2n) is 3.63. The van der Waals surface area contributed by atoms with Crippen LogP contribution in [0.3, 0.4) is 0 Å². The highest BCUT2D eigenvalue weighted by Crippen LogP contribution is 2.15. The Hall–Kier alpha value is -1.75. The van der Waals surface area contributed by atoms with Gasteiger partial charge in [0.2, 0.25) is 0 Å². The van der Waals surface area contributed by atoms with E-state index in [0.717, 1.165) is 42.1 Å². The van der Waals surface area contributed by atoms with Gasteiger partial charge in [-0.2, -0.15) is 0 Å². The molecule has 3 N–H and O–H groups in total. The molecule has 0 atom stereocenters. The van der Waals surface area contributed by atoms with Gasteiger partial charge in [0.1, 0.15) is 6.33 Å². The van der Waals surface area contributed by atoms with Crippen LogP contribution in [-0.4, -0.2) is 35.8 Å². The molecule has 0 amide bonds. The molecule has 1 aromatic heterocycles. The molecular formula is C11H15N5. The van der Waals surface area contributed by atoms with Crippen molar-refractivity contribution in [2.45, 2.75) is 6.42 Å². The molecule has 0 fully saturated rings. The molecule has 0 aromatic carbocycles. The molecular weight excluding hydrogens is 202 g/mol. The second kappa shape index (κ2) is 4.85. The average Bonchev–Trinajstić information content (AvgIpc) is 2.34. The third kappa shape index (κ3) is 2.09. The maximum Gasteiger partial charge on any atom is 0.115 e. The third-order valence-corrected chi connectivity index (χ3v) is 2.60. The van der Waals surface area contributed by atoms with Gasteiger partial charge in [-0.1, -0.05) is 0 Å². The van der Waals surface area contributed by atoms with E-state index in [-0.39, 0.29) is 0 Å². The van der Waals surface area contributed by atoms with E-state index < -0.39 is 0 Å². The molecule has 2 heterocycles. The van der Waals surface area contributed by atoms with E-state index in [0.29, 0.717) is 0 Å². The molecule has 0 spiro atoms. The van der Waals surface area contributed by atoms with Crippen molar-refractivity contribution < 1.29 is 0 Å². The minimum atomic E-state index is 0.724. The zero-order chi connectivity index (χ0) is 11.4. The van der Waals surface area contributed by atoms with Gasteiger partial charge in [0, 0.05) is 37.2 Å². The number of nitrogens with two attached hydrogens (primary N) is 1.